The standard InChI is InChI=1S/C18H20N2O5S/c1-4-24-15-7-5-13(9-16(15)23-3)6-8-17(22)25-10-14-11-26-18(20-14)19-12(2)21/h5-9,11H,4,10H2,1-3H3,(H,19,20,21)/b8-6+. The molecule has 0 aliphatic rings. The summed E-state index contributed by atoms with van der Waals surface area (Å²) in [4.78, 5) is 26.9. The lowest BCUT2D eigenvalue weighted by atomic mass is 10.2. The highest BCUT2D eigenvalue weighted by atomic mass is 32.1. The van der Waals surface area contributed by atoms with Gasteiger partial charge in [0.25, 0.3) is 0 Å². The highest BCUT2D eigenvalue weighted by Gasteiger charge is 2.07. The highest BCUT2D eigenvalue weighted by Crippen LogP contribution is 2.28. The van der Waals surface area contributed by atoms with Crippen LogP contribution in [0.15, 0.2) is 29.7 Å². The van der Waals surface area contributed by atoms with Crippen LogP contribution in [0.25, 0.3) is 6.08 Å². The number of nitrogens with one attached hydrogen (secondary N) is 1. The average Bonchev–Trinajstić information content (AvgIpc) is 3.05. The molecule has 0 unspecified atom stereocenters. The number of benzene rings is 1. The summed E-state index contributed by atoms with van der Waals surface area (Å²) in [6.07, 6.45) is 2.96. The van der Waals surface area contributed by atoms with Crippen LogP contribution in [0.3, 0.4) is 0 Å². The fraction of sp³-hybridized carbons (Fsp3) is 0.278. The van der Waals surface area contributed by atoms with E-state index in [1.54, 1.807) is 30.7 Å². The fourth-order valence-corrected chi connectivity index (χ4v) is 2.74. The van der Waals surface area contributed by atoms with E-state index in [9.17, 15) is 9.59 Å². The van der Waals surface area contributed by atoms with Gasteiger partial charge in [-0.15, -0.1) is 11.3 Å². The van der Waals surface area contributed by atoms with E-state index in [0.29, 0.717) is 28.9 Å². The Labute approximate surface area is 155 Å². The van der Waals surface area contributed by atoms with Gasteiger partial charge in [-0.1, -0.05) is 6.07 Å². The van der Waals surface area contributed by atoms with E-state index >= 15 is 0 Å². The first-order valence-corrected chi connectivity index (χ1v) is 8.77. The maximum Gasteiger partial charge on any atom is 0.331 e. The van der Waals surface area contributed by atoms with Crippen LogP contribution in [0.4, 0.5) is 5.13 Å². The van der Waals surface area contributed by atoms with Gasteiger partial charge in [0.05, 0.1) is 19.4 Å². The van der Waals surface area contributed by atoms with E-state index in [4.69, 9.17) is 14.2 Å². The molecule has 138 valence electrons. The largest absolute Gasteiger partial charge is 0.493 e. The molecule has 0 spiro atoms. The molecule has 0 atom stereocenters. The van der Waals surface area contributed by atoms with Gasteiger partial charge in [0.1, 0.15) is 6.61 Å². The van der Waals surface area contributed by atoms with Crippen LogP contribution >= 0.6 is 11.3 Å². The molecule has 1 heterocycles. The second-order valence-corrected chi connectivity index (χ2v) is 5.97. The molecule has 26 heavy (non-hydrogen) atoms. The van der Waals surface area contributed by atoms with Gasteiger partial charge in [-0.05, 0) is 30.7 Å². The summed E-state index contributed by atoms with van der Waals surface area (Å²) >= 11 is 1.27. The Morgan fingerprint density at radius 1 is 1.31 bits per heavy atom. The van der Waals surface area contributed by atoms with Crippen LogP contribution in [-0.2, 0) is 20.9 Å². The number of nitrogens with zero attached hydrogens (tertiary/aromatic N) is 1. The van der Waals surface area contributed by atoms with Crippen LogP contribution in [0.1, 0.15) is 25.1 Å². The van der Waals surface area contributed by atoms with Crippen LogP contribution in [0, 0.1) is 0 Å². The summed E-state index contributed by atoms with van der Waals surface area (Å²) in [5.74, 6) is 0.548. The Hall–Kier alpha value is -2.87. The van der Waals surface area contributed by atoms with E-state index in [1.807, 2.05) is 13.0 Å². The fourth-order valence-electron chi connectivity index (χ4n) is 2.00. The van der Waals surface area contributed by atoms with Gasteiger partial charge in [-0.2, -0.15) is 0 Å². The number of esters is 1. The highest BCUT2D eigenvalue weighted by molar-refractivity contribution is 7.13. The first-order valence-electron chi connectivity index (χ1n) is 7.89. The Kier molecular flexibility index (Phi) is 7.16. The lowest BCUT2D eigenvalue weighted by molar-refractivity contribution is -0.139. The molecule has 0 aliphatic carbocycles. The second kappa shape index (κ2) is 9.57. The third kappa shape index (κ3) is 5.89. The van der Waals surface area contributed by atoms with Crippen molar-refractivity contribution in [3.05, 3.63) is 40.9 Å². The van der Waals surface area contributed by atoms with Gasteiger partial charge in [0.2, 0.25) is 5.91 Å². The number of hydrogen-bond acceptors (Lipinski definition) is 7. The number of carbonyl (C=O) groups excluding carboxylic acids is 2. The molecule has 0 saturated carbocycles. The quantitative estimate of drug-likeness (QED) is 0.562. The van der Waals surface area contributed by atoms with E-state index in [1.165, 1.54) is 24.3 Å². The molecular formula is C18H20N2O5S. The molecule has 7 nitrogen and oxygen atoms in total. The van der Waals surface area contributed by atoms with Gasteiger partial charge in [-0.3, -0.25) is 4.79 Å². The number of aromatic nitrogens is 1. The molecule has 0 aliphatic heterocycles. The number of rotatable bonds is 8. The molecule has 1 amide bonds. The zero-order chi connectivity index (χ0) is 18.9. The monoisotopic (exact) mass is 376 g/mol. The number of carbonyl (C=O) groups is 2. The SMILES string of the molecule is CCOc1ccc(/C=C/C(=O)OCc2csc(NC(C)=O)n2)cc1OC. The lowest BCUT2D eigenvalue weighted by Crippen LogP contribution is -2.06. The first kappa shape index (κ1) is 19.5. The van der Waals surface area contributed by atoms with E-state index < -0.39 is 5.97 Å². The van der Waals surface area contributed by atoms with Crippen molar-refractivity contribution in [2.45, 2.75) is 20.5 Å². The van der Waals surface area contributed by atoms with Crippen LogP contribution < -0.4 is 14.8 Å². The van der Waals surface area contributed by atoms with Crippen molar-refractivity contribution in [2.75, 3.05) is 19.0 Å². The van der Waals surface area contributed by atoms with Crippen molar-refractivity contribution >= 4 is 34.4 Å². The molecule has 8 heteroatoms. The van der Waals surface area contributed by atoms with Crippen LogP contribution in [-0.4, -0.2) is 30.6 Å². The molecule has 1 N–H and O–H groups in total. The normalized spacial score (nSPS) is 10.6. The van der Waals surface area contributed by atoms with Gasteiger partial charge in [-0.25, -0.2) is 9.78 Å². The van der Waals surface area contributed by atoms with Gasteiger partial charge in [0.15, 0.2) is 16.6 Å². The van der Waals surface area contributed by atoms with Crippen molar-refractivity contribution < 1.29 is 23.8 Å². The van der Waals surface area contributed by atoms with Crippen molar-refractivity contribution in [1.82, 2.24) is 4.98 Å². The predicted octanol–water partition coefficient (Wildman–Crippen LogP) is 3.27. The van der Waals surface area contributed by atoms with Crippen molar-refractivity contribution in [3.8, 4) is 11.5 Å². The zero-order valence-electron chi connectivity index (χ0n) is 14.8. The Morgan fingerprint density at radius 3 is 2.81 bits per heavy atom. The van der Waals surface area contributed by atoms with Crippen LogP contribution in [0.2, 0.25) is 0 Å². The summed E-state index contributed by atoms with van der Waals surface area (Å²) in [6, 6.07) is 5.37. The smallest absolute Gasteiger partial charge is 0.331 e. The summed E-state index contributed by atoms with van der Waals surface area (Å²) in [7, 11) is 1.56. The molecule has 0 fully saturated rings. The molecule has 0 saturated heterocycles. The van der Waals surface area contributed by atoms with Crippen LogP contribution in [0.5, 0.6) is 11.5 Å². The Morgan fingerprint density at radius 2 is 2.12 bits per heavy atom. The van der Waals surface area contributed by atoms with Gasteiger partial charge < -0.3 is 19.5 Å². The number of methoxy groups -OCH3 is 1. The second-order valence-electron chi connectivity index (χ2n) is 5.11. The zero-order valence-corrected chi connectivity index (χ0v) is 15.6. The number of ether oxygens (including phenoxy) is 3. The number of thiazole rings is 1. The predicted molar refractivity (Wildman–Crippen MR) is 99.4 cm³/mol. The van der Waals surface area contributed by atoms with E-state index in [2.05, 4.69) is 10.3 Å². The summed E-state index contributed by atoms with van der Waals surface area (Å²) in [6.45, 7) is 3.87. The van der Waals surface area contributed by atoms with Crippen molar-refractivity contribution in [1.29, 1.82) is 0 Å². The Bertz CT molecular complexity index is 801. The minimum Gasteiger partial charge on any atom is -0.493 e. The van der Waals surface area contributed by atoms with E-state index in [-0.39, 0.29) is 12.5 Å². The molecular weight excluding hydrogens is 356 g/mol. The topological polar surface area (TPSA) is 86.8 Å². The third-order valence-electron chi connectivity index (χ3n) is 3.10. The number of amides is 1. The average molecular weight is 376 g/mol. The summed E-state index contributed by atoms with van der Waals surface area (Å²) < 4.78 is 15.9. The molecule has 0 radical (unpaired) electrons. The van der Waals surface area contributed by atoms with E-state index in [0.717, 1.165) is 5.56 Å². The summed E-state index contributed by atoms with van der Waals surface area (Å²) in [5.41, 5.74) is 1.35. The molecule has 2 aromatic rings. The van der Waals surface area contributed by atoms with Gasteiger partial charge in [0, 0.05) is 18.4 Å². The lowest BCUT2D eigenvalue weighted by Gasteiger charge is -2.09. The minimum atomic E-state index is -0.494. The van der Waals surface area contributed by atoms with Crippen molar-refractivity contribution in [2.24, 2.45) is 0 Å². The minimum absolute atomic E-state index is 0.0336. The molecule has 2 rings (SSSR count). The van der Waals surface area contributed by atoms with Gasteiger partial charge >= 0.3 is 5.97 Å². The third-order valence-corrected chi connectivity index (χ3v) is 3.90. The maximum absolute atomic E-state index is 11.8. The molecule has 1 aromatic carbocycles. The van der Waals surface area contributed by atoms with Crippen molar-refractivity contribution in [3.63, 3.8) is 0 Å². The number of hydrogen-bond donors (Lipinski definition) is 1. The Balaban J connectivity index is 1.90. The summed E-state index contributed by atoms with van der Waals surface area (Å²) in [5, 5.41) is 4.77. The molecule has 0 bridgehead atoms. The maximum atomic E-state index is 11.8. The molecule has 1 aromatic heterocycles. The number of anilines is 1. The first-order chi connectivity index (χ1) is 12.5.